The highest BCUT2D eigenvalue weighted by atomic mass is 32.2. The predicted molar refractivity (Wildman–Crippen MR) is 100 cm³/mol. The lowest BCUT2D eigenvalue weighted by molar-refractivity contribution is -0.384. The molecule has 2 aromatic carbocycles. The number of nitro groups is 1. The number of carbonyl (C=O) groups excluding carboxylic acids is 2. The van der Waals surface area contributed by atoms with Crippen molar-refractivity contribution < 1.29 is 23.5 Å². The number of nitrogens with one attached hydrogen (secondary N) is 1. The number of ether oxygens (including phenoxy) is 1. The standard InChI is InChI=1S/C18H18N2O6S/c1-3-27(25)15-10-5-4-8-13(15)18(22)26-11-16(21)19-17-12(2)7-6-9-14(17)20(23)24/h4-10H,3,11H2,1-2H3,(H,19,21)/t27-/m0/s1. The van der Waals surface area contributed by atoms with Crippen molar-refractivity contribution in [3.05, 3.63) is 63.7 Å². The Morgan fingerprint density at radius 2 is 1.89 bits per heavy atom. The summed E-state index contributed by atoms with van der Waals surface area (Å²) in [5.41, 5.74) is 0.425. The number of aryl methyl sites for hydroxylation is 1. The van der Waals surface area contributed by atoms with Crippen molar-refractivity contribution in [1.29, 1.82) is 0 Å². The SMILES string of the molecule is CC[S@](=O)c1ccccc1C(=O)OCC(=O)Nc1c(C)cccc1[N+](=O)[O-]. The molecule has 0 aliphatic carbocycles. The molecule has 9 heteroatoms. The van der Waals surface area contributed by atoms with Crippen LogP contribution in [0.3, 0.4) is 0 Å². The zero-order valence-electron chi connectivity index (χ0n) is 14.8. The van der Waals surface area contributed by atoms with Crippen molar-refractivity contribution in [3.63, 3.8) is 0 Å². The van der Waals surface area contributed by atoms with Crippen molar-refractivity contribution in [2.24, 2.45) is 0 Å². The number of nitro benzene ring substituents is 1. The molecule has 2 rings (SSSR count). The fourth-order valence-electron chi connectivity index (χ4n) is 2.34. The number of anilines is 1. The third-order valence-electron chi connectivity index (χ3n) is 3.66. The van der Waals surface area contributed by atoms with Gasteiger partial charge in [0, 0.05) is 11.8 Å². The highest BCUT2D eigenvalue weighted by Crippen LogP contribution is 2.27. The van der Waals surface area contributed by atoms with Gasteiger partial charge in [0.15, 0.2) is 6.61 Å². The van der Waals surface area contributed by atoms with Crippen LogP contribution in [-0.2, 0) is 20.3 Å². The van der Waals surface area contributed by atoms with Gasteiger partial charge < -0.3 is 10.1 Å². The molecule has 1 atom stereocenters. The van der Waals surface area contributed by atoms with Crippen LogP contribution in [0.1, 0.15) is 22.8 Å². The molecule has 0 radical (unpaired) electrons. The number of amides is 1. The Hall–Kier alpha value is -3.07. The van der Waals surface area contributed by atoms with Crippen LogP contribution in [0.15, 0.2) is 47.4 Å². The average molecular weight is 390 g/mol. The smallest absolute Gasteiger partial charge is 0.339 e. The average Bonchev–Trinajstić information content (AvgIpc) is 2.66. The molecule has 0 saturated carbocycles. The van der Waals surface area contributed by atoms with E-state index in [4.69, 9.17) is 4.74 Å². The first kappa shape index (κ1) is 20.2. The molecule has 8 nitrogen and oxygen atoms in total. The predicted octanol–water partition coefficient (Wildman–Crippen LogP) is 2.83. The largest absolute Gasteiger partial charge is 0.452 e. The summed E-state index contributed by atoms with van der Waals surface area (Å²) < 4.78 is 17.0. The fraction of sp³-hybridized carbons (Fsp3) is 0.222. The van der Waals surface area contributed by atoms with Gasteiger partial charge in [-0.1, -0.05) is 31.2 Å². The molecule has 0 aliphatic rings. The summed E-state index contributed by atoms with van der Waals surface area (Å²) in [6.45, 7) is 2.71. The van der Waals surface area contributed by atoms with Crippen LogP contribution in [0.25, 0.3) is 0 Å². The van der Waals surface area contributed by atoms with Crippen LogP contribution in [-0.4, -0.2) is 33.4 Å². The zero-order chi connectivity index (χ0) is 20.0. The Morgan fingerprint density at radius 3 is 2.56 bits per heavy atom. The summed E-state index contributed by atoms with van der Waals surface area (Å²) in [6.07, 6.45) is 0. The molecule has 0 heterocycles. The molecule has 0 aliphatic heterocycles. The van der Waals surface area contributed by atoms with Crippen LogP contribution in [0.5, 0.6) is 0 Å². The molecule has 0 fully saturated rings. The normalized spacial score (nSPS) is 11.5. The number of hydrogen-bond donors (Lipinski definition) is 1. The van der Waals surface area contributed by atoms with E-state index in [2.05, 4.69) is 5.32 Å². The van der Waals surface area contributed by atoms with Crippen LogP contribution >= 0.6 is 0 Å². The van der Waals surface area contributed by atoms with Gasteiger partial charge in [0.05, 0.1) is 26.2 Å². The Kier molecular flexibility index (Phi) is 6.78. The minimum absolute atomic E-state index is 0.0519. The molecule has 1 N–H and O–H groups in total. The molecule has 27 heavy (non-hydrogen) atoms. The second kappa shape index (κ2) is 9.04. The summed E-state index contributed by atoms with van der Waals surface area (Å²) in [5, 5.41) is 13.5. The fourth-order valence-corrected chi connectivity index (χ4v) is 3.28. The molecule has 0 spiro atoms. The van der Waals surface area contributed by atoms with Crippen molar-refractivity contribution >= 4 is 34.1 Å². The maximum Gasteiger partial charge on any atom is 0.339 e. The van der Waals surface area contributed by atoms with Crippen molar-refractivity contribution in [2.75, 3.05) is 17.7 Å². The second-order valence-corrected chi connectivity index (χ2v) is 7.19. The van der Waals surface area contributed by atoms with E-state index in [0.29, 0.717) is 16.2 Å². The quantitative estimate of drug-likeness (QED) is 0.441. The number of benzene rings is 2. The maximum atomic E-state index is 12.2. The Morgan fingerprint density at radius 1 is 1.19 bits per heavy atom. The third-order valence-corrected chi connectivity index (χ3v) is 5.03. The summed E-state index contributed by atoms with van der Waals surface area (Å²) in [4.78, 5) is 35.1. The highest BCUT2D eigenvalue weighted by molar-refractivity contribution is 7.85. The van der Waals surface area contributed by atoms with E-state index in [9.17, 15) is 23.9 Å². The van der Waals surface area contributed by atoms with Gasteiger partial charge in [-0.25, -0.2) is 4.79 Å². The van der Waals surface area contributed by atoms with E-state index in [-0.39, 0.29) is 16.9 Å². The first-order valence-electron chi connectivity index (χ1n) is 8.03. The van der Waals surface area contributed by atoms with E-state index >= 15 is 0 Å². The lowest BCUT2D eigenvalue weighted by Crippen LogP contribution is -2.22. The third kappa shape index (κ3) is 4.98. The number of esters is 1. The first-order chi connectivity index (χ1) is 12.8. The molecule has 0 bridgehead atoms. The lowest BCUT2D eigenvalue weighted by Gasteiger charge is -2.10. The topological polar surface area (TPSA) is 116 Å². The molecular formula is C18H18N2O6S. The number of rotatable bonds is 7. The van der Waals surface area contributed by atoms with Crippen LogP contribution in [0, 0.1) is 17.0 Å². The minimum Gasteiger partial charge on any atom is -0.452 e. The Labute approximate surface area is 158 Å². The molecule has 0 saturated heterocycles. The maximum absolute atomic E-state index is 12.2. The number of hydrogen-bond acceptors (Lipinski definition) is 6. The van der Waals surface area contributed by atoms with E-state index < -0.39 is 34.2 Å². The Balaban J connectivity index is 2.08. The first-order valence-corrected chi connectivity index (χ1v) is 9.35. The molecule has 0 aromatic heterocycles. The van der Waals surface area contributed by atoms with Gasteiger partial charge in [-0.3, -0.25) is 19.1 Å². The van der Waals surface area contributed by atoms with E-state index in [1.54, 1.807) is 38.1 Å². The second-order valence-electron chi connectivity index (χ2n) is 5.48. The monoisotopic (exact) mass is 390 g/mol. The Bertz CT molecular complexity index is 912. The van der Waals surface area contributed by atoms with Gasteiger partial charge >= 0.3 is 5.97 Å². The summed E-state index contributed by atoms with van der Waals surface area (Å²) >= 11 is 0. The van der Waals surface area contributed by atoms with Crippen LogP contribution in [0.2, 0.25) is 0 Å². The van der Waals surface area contributed by atoms with Gasteiger partial charge in [-0.2, -0.15) is 0 Å². The highest BCUT2D eigenvalue weighted by Gasteiger charge is 2.20. The van der Waals surface area contributed by atoms with Gasteiger partial charge in [0.25, 0.3) is 11.6 Å². The number of nitrogens with zero attached hydrogens (tertiary/aromatic N) is 1. The van der Waals surface area contributed by atoms with Crippen molar-refractivity contribution in [1.82, 2.24) is 0 Å². The molecule has 2 aromatic rings. The summed E-state index contributed by atoms with van der Waals surface area (Å²) in [5.74, 6) is -1.17. The molecular weight excluding hydrogens is 372 g/mol. The van der Waals surface area contributed by atoms with Crippen LogP contribution < -0.4 is 5.32 Å². The minimum atomic E-state index is -1.36. The zero-order valence-corrected chi connectivity index (χ0v) is 15.6. The van der Waals surface area contributed by atoms with Gasteiger partial charge in [-0.05, 0) is 24.6 Å². The molecule has 142 valence electrons. The number of para-hydroxylation sites is 1. The van der Waals surface area contributed by atoms with Crippen molar-refractivity contribution in [3.8, 4) is 0 Å². The number of carbonyl (C=O) groups is 2. The molecule has 1 amide bonds. The molecule has 0 unspecified atom stereocenters. The summed E-state index contributed by atoms with van der Waals surface area (Å²) in [6, 6.07) is 10.7. The van der Waals surface area contributed by atoms with Crippen LogP contribution in [0.4, 0.5) is 11.4 Å². The van der Waals surface area contributed by atoms with Gasteiger partial charge in [0.2, 0.25) is 0 Å². The summed E-state index contributed by atoms with van der Waals surface area (Å²) in [7, 11) is -1.36. The van der Waals surface area contributed by atoms with Gasteiger partial charge in [0.1, 0.15) is 5.69 Å². The van der Waals surface area contributed by atoms with E-state index in [1.165, 1.54) is 18.2 Å². The lowest BCUT2D eigenvalue weighted by atomic mass is 10.1. The van der Waals surface area contributed by atoms with Gasteiger partial charge in [-0.15, -0.1) is 0 Å². The van der Waals surface area contributed by atoms with E-state index in [1.807, 2.05) is 0 Å². The van der Waals surface area contributed by atoms with Crippen molar-refractivity contribution in [2.45, 2.75) is 18.7 Å². The van der Waals surface area contributed by atoms with E-state index in [0.717, 1.165) is 0 Å².